The van der Waals surface area contributed by atoms with Gasteiger partial charge >= 0.3 is 5.97 Å². The topological polar surface area (TPSA) is 102 Å². The zero-order valence-electron chi connectivity index (χ0n) is 13.9. The van der Waals surface area contributed by atoms with Gasteiger partial charge in [-0.1, -0.05) is 11.6 Å². The van der Waals surface area contributed by atoms with Gasteiger partial charge in [-0.15, -0.1) is 0 Å². The number of ether oxygens (including phenoxy) is 1. The Morgan fingerprint density at radius 3 is 2.92 bits per heavy atom. The van der Waals surface area contributed by atoms with Crippen LogP contribution in [0.4, 0.5) is 11.4 Å². The van der Waals surface area contributed by atoms with E-state index in [1.165, 1.54) is 12.1 Å². The van der Waals surface area contributed by atoms with Crippen LogP contribution in [-0.2, 0) is 14.3 Å². The van der Waals surface area contributed by atoms with Gasteiger partial charge in [-0.3, -0.25) is 19.7 Å². The zero-order chi connectivity index (χ0) is 18.4. The molecule has 8 nitrogen and oxygen atoms in total. The van der Waals surface area contributed by atoms with Crippen LogP contribution in [0.3, 0.4) is 0 Å². The quantitative estimate of drug-likeness (QED) is 0.327. The van der Waals surface area contributed by atoms with Gasteiger partial charge < -0.3 is 15.0 Å². The van der Waals surface area contributed by atoms with E-state index in [-0.39, 0.29) is 34.9 Å². The van der Waals surface area contributed by atoms with Gasteiger partial charge in [-0.25, -0.2) is 0 Å². The second kappa shape index (κ2) is 8.66. The number of nitro groups is 1. The molecule has 0 bridgehead atoms. The van der Waals surface area contributed by atoms with E-state index < -0.39 is 4.92 Å². The molecule has 25 heavy (non-hydrogen) atoms. The number of non-ortho nitro benzene ring substituents is 1. The molecule has 0 spiro atoms. The number of esters is 1. The van der Waals surface area contributed by atoms with Crippen molar-refractivity contribution >= 4 is 34.9 Å². The molecule has 1 aliphatic heterocycles. The number of nitro benzene ring substituents is 1. The molecule has 1 aromatic rings. The van der Waals surface area contributed by atoms with E-state index in [4.69, 9.17) is 16.3 Å². The second-order valence-corrected chi connectivity index (χ2v) is 6.10. The van der Waals surface area contributed by atoms with E-state index in [2.05, 4.69) is 5.32 Å². The predicted molar refractivity (Wildman–Crippen MR) is 92.5 cm³/mol. The summed E-state index contributed by atoms with van der Waals surface area (Å²) in [6.07, 6.45) is 0.856. The van der Waals surface area contributed by atoms with E-state index >= 15 is 0 Å². The molecular formula is C16H20ClN3O5. The third-order valence-electron chi connectivity index (χ3n) is 3.92. The normalized spacial score (nSPS) is 16.8. The van der Waals surface area contributed by atoms with Crippen molar-refractivity contribution in [1.29, 1.82) is 0 Å². The summed E-state index contributed by atoms with van der Waals surface area (Å²) >= 11 is 6.00. The van der Waals surface area contributed by atoms with Gasteiger partial charge in [0.1, 0.15) is 0 Å². The fraction of sp³-hybridized carbons (Fsp3) is 0.500. The summed E-state index contributed by atoms with van der Waals surface area (Å²) in [5, 5.41) is 14.0. The minimum Gasteiger partial charge on any atom is -0.466 e. The number of halogens is 1. The number of likely N-dealkylation sites (tertiary alicyclic amines) is 1. The average molecular weight is 370 g/mol. The fourth-order valence-corrected chi connectivity index (χ4v) is 2.90. The molecule has 1 saturated heterocycles. The molecule has 0 radical (unpaired) electrons. The van der Waals surface area contributed by atoms with E-state index in [0.717, 1.165) is 0 Å². The third kappa shape index (κ3) is 5.06. The van der Waals surface area contributed by atoms with Crippen LogP contribution < -0.4 is 5.32 Å². The smallest absolute Gasteiger partial charge is 0.311 e. The second-order valence-electron chi connectivity index (χ2n) is 5.69. The van der Waals surface area contributed by atoms with Crippen LogP contribution in [0.25, 0.3) is 0 Å². The highest BCUT2D eigenvalue weighted by atomic mass is 35.5. The Morgan fingerprint density at radius 1 is 1.52 bits per heavy atom. The molecule has 1 aromatic carbocycles. The fourth-order valence-electron chi connectivity index (χ4n) is 2.66. The first kappa shape index (κ1) is 19.0. The molecule has 1 fully saturated rings. The Hall–Kier alpha value is -2.35. The minimum atomic E-state index is -0.505. The van der Waals surface area contributed by atoms with Crippen molar-refractivity contribution in [3.05, 3.63) is 33.3 Å². The largest absolute Gasteiger partial charge is 0.466 e. The highest BCUT2D eigenvalue weighted by Gasteiger charge is 2.34. The molecule has 136 valence electrons. The first-order valence-electron chi connectivity index (χ1n) is 8.04. The van der Waals surface area contributed by atoms with E-state index in [9.17, 15) is 19.7 Å². The van der Waals surface area contributed by atoms with Gasteiger partial charge in [0, 0.05) is 38.2 Å². The first-order valence-corrected chi connectivity index (χ1v) is 8.42. The number of hydrogen-bond donors (Lipinski definition) is 1. The van der Waals surface area contributed by atoms with Gasteiger partial charge in [0.2, 0.25) is 5.91 Å². The Labute approximate surface area is 150 Å². The Kier molecular flexibility index (Phi) is 6.58. The van der Waals surface area contributed by atoms with Crippen molar-refractivity contribution in [2.45, 2.75) is 19.8 Å². The van der Waals surface area contributed by atoms with Gasteiger partial charge in [-0.2, -0.15) is 0 Å². The van der Waals surface area contributed by atoms with Crippen molar-refractivity contribution in [1.82, 2.24) is 4.90 Å². The van der Waals surface area contributed by atoms with Crippen molar-refractivity contribution in [2.24, 2.45) is 5.92 Å². The molecule has 0 aromatic heterocycles. The highest BCUT2D eigenvalue weighted by Crippen LogP contribution is 2.26. The number of hydrogen-bond acceptors (Lipinski definition) is 6. The number of amides is 1. The zero-order valence-corrected chi connectivity index (χ0v) is 14.6. The number of benzene rings is 1. The first-order chi connectivity index (χ1) is 11.9. The van der Waals surface area contributed by atoms with Crippen molar-refractivity contribution in [3.63, 3.8) is 0 Å². The average Bonchev–Trinajstić information content (AvgIpc) is 2.94. The lowest BCUT2D eigenvalue weighted by molar-refractivity contribution is -0.384. The van der Waals surface area contributed by atoms with Gasteiger partial charge in [0.25, 0.3) is 5.69 Å². The molecule has 2 rings (SSSR count). The van der Waals surface area contributed by atoms with E-state index in [1.807, 2.05) is 0 Å². The summed E-state index contributed by atoms with van der Waals surface area (Å²) in [6.45, 7) is 3.50. The maximum absolute atomic E-state index is 11.9. The molecular weight excluding hydrogens is 350 g/mol. The maximum atomic E-state index is 11.9. The van der Waals surface area contributed by atoms with Gasteiger partial charge in [0.15, 0.2) is 0 Å². The number of anilines is 1. The van der Waals surface area contributed by atoms with Crippen LogP contribution in [0.1, 0.15) is 19.8 Å². The highest BCUT2D eigenvalue weighted by molar-refractivity contribution is 6.33. The van der Waals surface area contributed by atoms with Crippen LogP contribution in [0, 0.1) is 16.0 Å². The van der Waals surface area contributed by atoms with Crippen LogP contribution >= 0.6 is 11.6 Å². The Balaban J connectivity index is 1.77. The monoisotopic (exact) mass is 369 g/mol. The van der Waals surface area contributed by atoms with Crippen molar-refractivity contribution in [2.75, 3.05) is 31.6 Å². The summed E-state index contributed by atoms with van der Waals surface area (Å²) in [6, 6.07) is 4.22. The third-order valence-corrected chi connectivity index (χ3v) is 4.23. The molecule has 1 unspecified atom stereocenters. The summed E-state index contributed by atoms with van der Waals surface area (Å²) < 4.78 is 4.95. The molecule has 0 saturated carbocycles. The lowest BCUT2D eigenvalue weighted by Crippen LogP contribution is -2.29. The molecule has 1 atom stereocenters. The van der Waals surface area contributed by atoms with Gasteiger partial charge in [0.05, 0.1) is 28.2 Å². The Bertz CT molecular complexity index is 667. The minimum absolute atomic E-state index is 0.0496. The molecule has 1 aliphatic rings. The molecule has 1 heterocycles. The maximum Gasteiger partial charge on any atom is 0.311 e. The van der Waals surface area contributed by atoms with Crippen molar-refractivity contribution < 1.29 is 19.2 Å². The summed E-state index contributed by atoms with van der Waals surface area (Å²) in [5.74, 6) is -0.759. The number of rotatable bonds is 8. The summed E-state index contributed by atoms with van der Waals surface area (Å²) in [4.78, 5) is 35.4. The van der Waals surface area contributed by atoms with Crippen LogP contribution in [0.5, 0.6) is 0 Å². The molecule has 1 amide bonds. The lowest BCUT2D eigenvalue weighted by Gasteiger charge is -2.17. The predicted octanol–water partition coefficient (Wildman–Crippen LogP) is 2.46. The van der Waals surface area contributed by atoms with E-state index in [1.54, 1.807) is 17.9 Å². The van der Waals surface area contributed by atoms with Crippen LogP contribution in [-0.4, -0.2) is 47.9 Å². The number of nitrogens with zero attached hydrogens (tertiary/aromatic N) is 2. The van der Waals surface area contributed by atoms with E-state index in [0.29, 0.717) is 38.3 Å². The van der Waals surface area contributed by atoms with Crippen LogP contribution in [0.15, 0.2) is 18.2 Å². The van der Waals surface area contributed by atoms with Crippen LogP contribution in [0.2, 0.25) is 5.02 Å². The molecule has 9 heteroatoms. The number of carbonyl (C=O) groups is 2. The number of carbonyl (C=O) groups excluding carboxylic acids is 2. The molecule has 0 aliphatic carbocycles. The SMILES string of the molecule is CCOC(=O)C1CC(=O)N(CCCNc2ccc([N+](=O)[O-])cc2Cl)C1. The van der Waals surface area contributed by atoms with Gasteiger partial charge in [-0.05, 0) is 19.4 Å². The summed E-state index contributed by atoms with van der Waals surface area (Å²) in [5.41, 5.74) is 0.535. The molecule has 1 N–H and O–H groups in total. The standard InChI is InChI=1S/C16H20ClN3O5/c1-2-25-16(22)11-8-15(21)19(10-11)7-3-6-18-14-5-4-12(20(23)24)9-13(14)17/h4-5,9,11,18H,2-3,6-8,10H2,1H3. The van der Waals surface area contributed by atoms with Crippen molar-refractivity contribution in [3.8, 4) is 0 Å². The Morgan fingerprint density at radius 2 is 2.28 bits per heavy atom. The number of nitrogens with one attached hydrogen (secondary N) is 1. The summed E-state index contributed by atoms with van der Waals surface area (Å²) in [7, 11) is 0. The lowest BCUT2D eigenvalue weighted by atomic mass is 10.1.